The third kappa shape index (κ3) is 6.47. The van der Waals surface area contributed by atoms with Gasteiger partial charge in [0.2, 0.25) is 11.9 Å². The van der Waals surface area contributed by atoms with Crippen LogP contribution >= 0.6 is 0 Å². The second kappa shape index (κ2) is 10.6. The van der Waals surface area contributed by atoms with Crippen LogP contribution in [-0.2, 0) is 4.79 Å². The summed E-state index contributed by atoms with van der Waals surface area (Å²) in [5, 5.41) is 8.93. The number of H-pyrrole nitrogens is 1. The molecule has 14 heteroatoms. The van der Waals surface area contributed by atoms with Crippen LogP contribution < -0.4 is 26.4 Å². The predicted molar refractivity (Wildman–Crippen MR) is 136 cm³/mol. The van der Waals surface area contributed by atoms with Crippen molar-refractivity contribution in [1.82, 2.24) is 19.9 Å². The van der Waals surface area contributed by atoms with Crippen LogP contribution in [0.2, 0.25) is 0 Å². The molecule has 0 atom stereocenters. The van der Waals surface area contributed by atoms with Crippen LogP contribution in [0, 0.1) is 0 Å². The SMILES string of the molecule is CN(C)CC(=O)Nc1ccc(OC(F)(F)F)c(Nc2nc(Nc3ccccc3C(N)=O)c3cc[nH]c3n2)c1. The zero-order chi connectivity index (χ0) is 27.4. The van der Waals surface area contributed by atoms with Gasteiger partial charge in [-0.25, -0.2) is 0 Å². The summed E-state index contributed by atoms with van der Waals surface area (Å²) in [5.41, 5.74) is 6.48. The fourth-order valence-electron chi connectivity index (χ4n) is 3.55. The molecule has 6 N–H and O–H groups in total. The van der Waals surface area contributed by atoms with Gasteiger partial charge in [-0.2, -0.15) is 9.97 Å². The van der Waals surface area contributed by atoms with Crippen molar-refractivity contribution in [2.75, 3.05) is 36.6 Å². The van der Waals surface area contributed by atoms with Crippen molar-refractivity contribution in [3.63, 3.8) is 0 Å². The average molecular weight is 528 g/mol. The fraction of sp³-hybridized carbons (Fsp3) is 0.167. The van der Waals surface area contributed by atoms with Crippen LogP contribution in [0.15, 0.2) is 54.7 Å². The van der Waals surface area contributed by atoms with Gasteiger partial charge in [0, 0.05) is 11.9 Å². The maximum Gasteiger partial charge on any atom is 0.573 e. The highest BCUT2D eigenvalue weighted by atomic mass is 19.4. The molecule has 2 aromatic heterocycles. The van der Waals surface area contributed by atoms with Gasteiger partial charge in [-0.05, 0) is 50.5 Å². The van der Waals surface area contributed by atoms with Crippen molar-refractivity contribution in [3.8, 4) is 5.75 Å². The Balaban J connectivity index is 1.71. The molecule has 0 aliphatic rings. The molecule has 0 bridgehead atoms. The predicted octanol–water partition coefficient (Wildman–Crippen LogP) is 3.94. The number of likely N-dealkylation sites (N-methyl/N-ethyl adjacent to an activating group) is 1. The summed E-state index contributed by atoms with van der Waals surface area (Å²) in [7, 11) is 3.41. The maximum atomic E-state index is 13.1. The van der Waals surface area contributed by atoms with E-state index in [1.54, 1.807) is 49.5 Å². The van der Waals surface area contributed by atoms with E-state index in [9.17, 15) is 22.8 Å². The number of alkyl halides is 3. The molecule has 0 saturated heterocycles. The summed E-state index contributed by atoms with van der Waals surface area (Å²) < 4.78 is 43.4. The number of nitrogens with two attached hydrogens (primary N) is 1. The van der Waals surface area contributed by atoms with Crippen molar-refractivity contribution in [2.24, 2.45) is 5.73 Å². The van der Waals surface area contributed by atoms with E-state index in [2.05, 4.69) is 35.6 Å². The van der Waals surface area contributed by atoms with Gasteiger partial charge in [0.1, 0.15) is 11.5 Å². The molecular formula is C24H23F3N8O3. The number of para-hydroxylation sites is 1. The molecule has 2 aromatic carbocycles. The van der Waals surface area contributed by atoms with E-state index < -0.39 is 18.0 Å². The molecule has 0 radical (unpaired) electrons. The van der Waals surface area contributed by atoms with Crippen molar-refractivity contribution in [2.45, 2.75) is 6.36 Å². The number of rotatable bonds is 9. The highest BCUT2D eigenvalue weighted by molar-refractivity contribution is 6.00. The van der Waals surface area contributed by atoms with Gasteiger partial charge >= 0.3 is 6.36 Å². The Bertz CT molecular complexity index is 1490. The molecule has 4 rings (SSSR count). The van der Waals surface area contributed by atoms with E-state index in [1.807, 2.05) is 0 Å². The van der Waals surface area contributed by atoms with E-state index in [4.69, 9.17) is 5.73 Å². The number of nitrogens with one attached hydrogen (secondary N) is 4. The quantitative estimate of drug-likeness (QED) is 0.219. The number of halogens is 3. The molecule has 4 aromatic rings. The second-order valence-corrected chi connectivity index (χ2v) is 8.34. The first-order valence-corrected chi connectivity index (χ1v) is 11.1. The van der Waals surface area contributed by atoms with Crippen LogP contribution in [0.5, 0.6) is 5.75 Å². The van der Waals surface area contributed by atoms with Gasteiger partial charge in [0.15, 0.2) is 5.75 Å². The fourth-order valence-corrected chi connectivity index (χ4v) is 3.55. The molecular weight excluding hydrogens is 505 g/mol. The first kappa shape index (κ1) is 26.2. The molecule has 0 aliphatic carbocycles. The van der Waals surface area contributed by atoms with Gasteiger partial charge in [-0.3, -0.25) is 9.59 Å². The van der Waals surface area contributed by atoms with E-state index in [-0.39, 0.29) is 41.2 Å². The lowest BCUT2D eigenvalue weighted by molar-refractivity contribution is -0.274. The van der Waals surface area contributed by atoms with Crippen molar-refractivity contribution >= 4 is 51.7 Å². The summed E-state index contributed by atoms with van der Waals surface area (Å²) in [6.07, 6.45) is -3.37. The molecule has 11 nitrogen and oxygen atoms in total. The first-order valence-electron chi connectivity index (χ1n) is 11.1. The summed E-state index contributed by atoms with van der Waals surface area (Å²) >= 11 is 0. The summed E-state index contributed by atoms with van der Waals surface area (Å²) in [4.78, 5) is 37.3. The summed E-state index contributed by atoms with van der Waals surface area (Å²) in [6.45, 7) is 0.0674. The lowest BCUT2D eigenvalue weighted by Crippen LogP contribution is -2.27. The zero-order valence-corrected chi connectivity index (χ0v) is 20.2. The van der Waals surface area contributed by atoms with Gasteiger partial charge in [-0.1, -0.05) is 12.1 Å². The number of anilines is 5. The molecule has 0 unspecified atom stereocenters. The largest absolute Gasteiger partial charge is 0.573 e. The Morgan fingerprint density at radius 2 is 1.82 bits per heavy atom. The average Bonchev–Trinajstić information content (AvgIpc) is 3.28. The molecule has 38 heavy (non-hydrogen) atoms. The van der Waals surface area contributed by atoms with Crippen LogP contribution in [-0.4, -0.2) is 58.7 Å². The van der Waals surface area contributed by atoms with Gasteiger partial charge in [0.05, 0.1) is 28.9 Å². The maximum absolute atomic E-state index is 13.1. The highest BCUT2D eigenvalue weighted by Gasteiger charge is 2.32. The minimum absolute atomic E-state index is 0.0674. The van der Waals surface area contributed by atoms with Gasteiger partial charge < -0.3 is 36.3 Å². The van der Waals surface area contributed by atoms with Gasteiger partial charge in [-0.15, -0.1) is 13.2 Å². The molecule has 0 aliphatic heterocycles. The molecule has 198 valence electrons. The number of aromatic nitrogens is 3. The Kier molecular flexibility index (Phi) is 7.34. The van der Waals surface area contributed by atoms with E-state index in [1.165, 1.54) is 18.2 Å². The Hall–Kier alpha value is -4.85. The van der Waals surface area contributed by atoms with Crippen LogP contribution in [0.3, 0.4) is 0 Å². The molecule has 0 fully saturated rings. The van der Waals surface area contributed by atoms with Crippen LogP contribution in [0.1, 0.15) is 10.4 Å². The van der Waals surface area contributed by atoms with E-state index in [0.717, 1.165) is 6.07 Å². The van der Waals surface area contributed by atoms with E-state index >= 15 is 0 Å². The molecule has 0 spiro atoms. The Morgan fingerprint density at radius 3 is 2.53 bits per heavy atom. The summed E-state index contributed by atoms with van der Waals surface area (Å²) in [5.74, 6) is -1.43. The number of carbonyl (C=O) groups excluding carboxylic acids is 2. The van der Waals surface area contributed by atoms with Crippen molar-refractivity contribution in [1.29, 1.82) is 0 Å². The Labute approximate surface area is 214 Å². The van der Waals surface area contributed by atoms with Crippen LogP contribution in [0.25, 0.3) is 11.0 Å². The number of carbonyl (C=O) groups is 2. The zero-order valence-electron chi connectivity index (χ0n) is 20.2. The lowest BCUT2D eigenvalue weighted by atomic mass is 10.1. The molecule has 2 amide bonds. The number of fused-ring (bicyclic) bond motifs is 1. The van der Waals surface area contributed by atoms with Gasteiger partial charge in [0.25, 0.3) is 5.91 Å². The van der Waals surface area contributed by atoms with Crippen molar-refractivity contribution in [3.05, 3.63) is 60.3 Å². The number of ether oxygens (including phenoxy) is 1. The topological polar surface area (TPSA) is 150 Å². The summed E-state index contributed by atoms with van der Waals surface area (Å²) in [6, 6.07) is 11.8. The monoisotopic (exact) mass is 528 g/mol. The standard InChI is InChI=1S/C24H23F3N8O3/c1-35(2)12-19(36)30-13-7-8-18(38-24(25,26)27)17(11-13)32-23-33-21-15(9-10-29-21)22(34-23)31-16-6-4-3-5-14(16)20(28)37/h3-11H,12H2,1-2H3,(H2,28,37)(H,30,36)(H3,29,31,32,33,34). The minimum Gasteiger partial charge on any atom is -0.404 e. The number of aromatic amines is 1. The third-order valence-corrected chi connectivity index (χ3v) is 5.06. The van der Waals surface area contributed by atoms with Crippen LogP contribution in [0.4, 0.5) is 42.0 Å². The number of primary amides is 1. The molecule has 2 heterocycles. The highest BCUT2D eigenvalue weighted by Crippen LogP contribution is 2.35. The molecule has 0 saturated carbocycles. The number of benzene rings is 2. The lowest BCUT2D eigenvalue weighted by Gasteiger charge is -2.17. The van der Waals surface area contributed by atoms with Crippen molar-refractivity contribution < 1.29 is 27.5 Å². The number of nitrogens with zero attached hydrogens (tertiary/aromatic N) is 3. The number of hydrogen-bond donors (Lipinski definition) is 5. The Morgan fingerprint density at radius 1 is 1.05 bits per heavy atom. The number of amides is 2. The minimum atomic E-state index is -4.97. The van der Waals surface area contributed by atoms with E-state index in [0.29, 0.717) is 16.7 Å². The third-order valence-electron chi connectivity index (χ3n) is 5.06. The smallest absolute Gasteiger partial charge is 0.404 e. The first-order chi connectivity index (χ1) is 18.0. The number of hydrogen-bond acceptors (Lipinski definition) is 8. The normalized spacial score (nSPS) is 11.4. The second-order valence-electron chi connectivity index (χ2n) is 8.34.